The maximum Gasteiger partial charge on any atom is 0.241 e. The standard InChI is InChI=1S/C19H21ClN2O6S/c1-26-8-7-21-29(24,25)17-6-5-15(27-2)19-14(17)10-16(28-19)12-3-4-13(9-12)22-18(23)11-20/h3,5-6,9-10,21H,4,7-8,11H2,1-2H3,(H,22,23). The highest BCUT2D eigenvalue weighted by Gasteiger charge is 2.23. The molecule has 0 spiro atoms. The molecule has 156 valence electrons. The third kappa shape index (κ3) is 4.64. The Labute approximate surface area is 173 Å². The van der Waals surface area contributed by atoms with E-state index in [2.05, 4.69) is 10.0 Å². The highest BCUT2D eigenvalue weighted by Crippen LogP contribution is 2.37. The minimum atomic E-state index is -3.78. The van der Waals surface area contributed by atoms with Gasteiger partial charge in [0.1, 0.15) is 11.6 Å². The van der Waals surface area contributed by atoms with Crippen LogP contribution in [0.15, 0.2) is 45.4 Å². The Hall–Kier alpha value is -2.33. The first-order valence-electron chi connectivity index (χ1n) is 8.75. The number of ether oxygens (including phenoxy) is 2. The molecule has 0 saturated heterocycles. The van der Waals surface area contributed by atoms with E-state index in [1.807, 2.05) is 6.08 Å². The number of halogens is 1. The fourth-order valence-electron chi connectivity index (χ4n) is 2.96. The first-order chi connectivity index (χ1) is 13.9. The van der Waals surface area contributed by atoms with E-state index in [0.717, 1.165) is 5.57 Å². The lowest BCUT2D eigenvalue weighted by Crippen LogP contribution is -2.27. The highest BCUT2D eigenvalue weighted by molar-refractivity contribution is 7.89. The van der Waals surface area contributed by atoms with Gasteiger partial charge in [-0.2, -0.15) is 0 Å². The smallest absolute Gasteiger partial charge is 0.241 e. The van der Waals surface area contributed by atoms with Crippen LogP contribution in [0, 0.1) is 0 Å². The van der Waals surface area contributed by atoms with Gasteiger partial charge in [0.15, 0.2) is 11.3 Å². The molecule has 1 aliphatic rings. The van der Waals surface area contributed by atoms with Crippen molar-refractivity contribution in [3.05, 3.63) is 41.8 Å². The Kier molecular flexibility index (Phi) is 6.63. The number of rotatable bonds is 9. The number of furan rings is 1. The Morgan fingerprint density at radius 2 is 2.10 bits per heavy atom. The summed E-state index contributed by atoms with van der Waals surface area (Å²) in [5.41, 5.74) is 1.74. The largest absolute Gasteiger partial charge is 0.493 e. The SMILES string of the molecule is COCCNS(=O)(=O)c1ccc(OC)c2oc(C3=CCC(NC(=O)CCl)=C3)cc12. The number of methoxy groups -OCH3 is 2. The summed E-state index contributed by atoms with van der Waals surface area (Å²) >= 11 is 5.52. The maximum absolute atomic E-state index is 12.7. The number of carbonyl (C=O) groups is 1. The Morgan fingerprint density at radius 1 is 1.31 bits per heavy atom. The first-order valence-corrected chi connectivity index (χ1v) is 10.8. The second-order valence-electron chi connectivity index (χ2n) is 6.22. The van der Waals surface area contributed by atoms with E-state index in [1.54, 1.807) is 18.2 Å². The quantitative estimate of drug-likeness (QED) is 0.458. The van der Waals surface area contributed by atoms with Crippen molar-refractivity contribution < 1.29 is 27.1 Å². The molecule has 2 N–H and O–H groups in total. The van der Waals surface area contributed by atoms with Crippen molar-refractivity contribution in [2.45, 2.75) is 11.3 Å². The van der Waals surface area contributed by atoms with E-state index >= 15 is 0 Å². The minimum absolute atomic E-state index is 0.0812. The van der Waals surface area contributed by atoms with E-state index in [4.69, 9.17) is 25.5 Å². The molecule has 1 heterocycles. The van der Waals surface area contributed by atoms with Gasteiger partial charge in [0.05, 0.1) is 18.6 Å². The molecule has 0 bridgehead atoms. The molecule has 0 saturated carbocycles. The molecule has 0 atom stereocenters. The number of alkyl halides is 1. The van der Waals surface area contributed by atoms with Gasteiger partial charge in [-0.25, -0.2) is 13.1 Å². The molecular weight excluding hydrogens is 420 g/mol. The van der Waals surface area contributed by atoms with E-state index in [0.29, 0.717) is 34.6 Å². The lowest BCUT2D eigenvalue weighted by Gasteiger charge is -2.08. The summed E-state index contributed by atoms with van der Waals surface area (Å²) in [7, 11) is -0.799. The Balaban J connectivity index is 1.99. The van der Waals surface area contributed by atoms with Crippen LogP contribution in [0.5, 0.6) is 5.75 Å². The van der Waals surface area contributed by atoms with Gasteiger partial charge in [-0.1, -0.05) is 6.08 Å². The lowest BCUT2D eigenvalue weighted by atomic mass is 10.2. The molecule has 29 heavy (non-hydrogen) atoms. The molecule has 3 rings (SSSR count). The molecule has 0 fully saturated rings. The van der Waals surface area contributed by atoms with Gasteiger partial charge in [-0.15, -0.1) is 11.6 Å². The maximum atomic E-state index is 12.7. The third-order valence-corrected chi connectivity index (χ3v) is 6.05. The zero-order valence-corrected chi connectivity index (χ0v) is 17.5. The summed E-state index contributed by atoms with van der Waals surface area (Å²) in [4.78, 5) is 11.6. The van der Waals surface area contributed by atoms with Gasteiger partial charge >= 0.3 is 0 Å². The molecule has 0 radical (unpaired) electrons. The number of allylic oxidation sites excluding steroid dienone is 3. The molecule has 1 amide bonds. The van der Waals surface area contributed by atoms with Crippen LogP contribution < -0.4 is 14.8 Å². The second kappa shape index (κ2) is 9.00. The summed E-state index contributed by atoms with van der Waals surface area (Å²) in [6, 6.07) is 4.67. The van der Waals surface area contributed by atoms with Gasteiger partial charge < -0.3 is 19.2 Å². The molecule has 0 unspecified atom stereocenters. The number of sulfonamides is 1. The fraction of sp³-hybridized carbons (Fsp3) is 0.316. The van der Waals surface area contributed by atoms with Crippen LogP contribution in [-0.4, -0.2) is 47.6 Å². The van der Waals surface area contributed by atoms with E-state index < -0.39 is 10.0 Å². The van der Waals surface area contributed by atoms with Crippen molar-refractivity contribution in [2.24, 2.45) is 0 Å². The number of benzene rings is 1. The average molecular weight is 441 g/mol. The lowest BCUT2D eigenvalue weighted by molar-refractivity contribution is -0.118. The average Bonchev–Trinajstić information content (AvgIpc) is 3.34. The predicted molar refractivity (Wildman–Crippen MR) is 109 cm³/mol. The van der Waals surface area contributed by atoms with Crippen molar-refractivity contribution in [3.63, 3.8) is 0 Å². The van der Waals surface area contributed by atoms with Crippen molar-refractivity contribution in [1.82, 2.24) is 10.0 Å². The number of hydrogen-bond donors (Lipinski definition) is 2. The Morgan fingerprint density at radius 3 is 2.79 bits per heavy atom. The fourth-order valence-corrected chi connectivity index (χ4v) is 4.23. The van der Waals surface area contributed by atoms with Crippen LogP contribution in [0.25, 0.3) is 16.5 Å². The summed E-state index contributed by atoms with van der Waals surface area (Å²) in [5.74, 6) is 0.453. The molecule has 10 heteroatoms. The molecular formula is C19H21ClN2O6S. The molecule has 1 aromatic heterocycles. The number of nitrogens with one attached hydrogen (secondary N) is 2. The van der Waals surface area contributed by atoms with Crippen molar-refractivity contribution in [3.8, 4) is 5.75 Å². The molecule has 0 aliphatic heterocycles. The summed E-state index contributed by atoms with van der Waals surface area (Å²) < 4.78 is 44.1. The Bertz CT molecular complexity index is 1090. The van der Waals surface area contributed by atoms with Crippen LogP contribution in [0.2, 0.25) is 0 Å². The summed E-state index contributed by atoms with van der Waals surface area (Å²) in [6.45, 7) is 0.401. The zero-order valence-electron chi connectivity index (χ0n) is 16.0. The van der Waals surface area contributed by atoms with Crippen LogP contribution in [-0.2, 0) is 19.6 Å². The monoisotopic (exact) mass is 440 g/mol. The van der Waals surface area contributed by atoms with Crippen LogP contribution in [0.4, 0.5) is 0 Å². The van der Waals surface area contributed by atoms with E-state index in [9.17, 15) is 13.2 Å². The first kappa shape index (κ1) is 21.4. The van der Waals surface area contributed by atoms with Gasteiger partial charge in [0.25, 0.3) is 0 Å². The normalized spacial score (nSPS) is 14.0. The van der Waals surface area contributed by atoms with Crippen LogP contribution >= 0.6 is 11.6 Å². The molecule has 1 aromatic carbocycles. The second-order valence-corrected chi connectivity index (χ2v) is 8.23. The minimum Gasteiger partial charge on any atom is -0.493 e. The van der Waals surface area contributed by atoms with Crippen molar-refractivity contribution in [2.75, 3.05) is 33.3 Å². The van der Waals surface area contributed by atoms with Crippen LogP contribution in [0.1, 0.15) is 12.2 Å². The number of hydrogen-bond acceptors (Lipinski definition) is 6. The van der Waals surface area contributed by atoms with Gasteiger partial charge in [-0.05, 0) is 24.3 Å². The summed E-state index contributed by atoms with van der Waals surface area (Å²) in [5, 5.41) is 3.10. The predicted octanol–water partition coefficient (Wildman–Crippen LogP) is 2.39. The number of amides is 1. The third-order valence-electron chi connectivity index (χ3n) is 4.29. The molecule has 1 aliphatic carbocycles. The van der Waals surface area contributed by atoms with Crippen LogP contribution in [0.3, 0.4) is 0 Å². The van der Waals surface area contributed by atoms with Gasteiger partial charge in [-0.3, -0.25) is 4.79 Å². The van der Waals surface area contributed by atoms with Crippen molar-refractivity contribution in [1.29, 1.82) is 0 Å². The number of fused-ring (bicyclic) bond motifs is 1. The van der Waals surface area contributed by atoms with E-state index in [1.165, 1.54) is 20.3 Å². The van der Waals surface area contributed by atoms with Gasteiger partial charge in [0, 0.05) is 36.7 Å². The topological polar surface area (TPSA) is 107 Å². The molecule has 2 aromatic rings. The van der Waals surface area contributed by atoms with E-state index in [-0.39, 0.29) is 29.8 Å². The highest BCUT2D eigenvalue weighted by atomic mass is 35.5. The molecule has 8 nitrogen and oxygen atoms in total. The van der Waals surface area contributed by atoms with Crippen molar-refractivity contribution >= 4 is 44.1 Å². The summed E-state index contributed by atoms with van der Waals surface area (Å²) in [6.07, 6.45) is 4.15. The zero-order chi connectivity index (χ0) is 21.0. The number of carbonyl (C=O) groups excluding carboxylic acids is 1. The van der Waals surface area contributed by atoms with Gasteiger partial charge in [0.2, 0.25) is 15.9 Å².